The second-order valence-corrected chi connectivity index (χ2v) is 7.69. The number of rotatable bonds is 2. The first-order chi connectivity index (χ1) is 13.6. The van der Waals surface area contributed by atoms with Gasteiger partial charge in [0.2, 0.25) is 0 Å². The van der Waals surface area contributed by atoms with E-state index in [1.165, 1.54) is 55.3 Å². The molecule has 0 aliphatic heterocycles. The molecule has 0 unspecified atom stereocenters. The zero-order valence-corrected chi connectivity index (χ0v) is 16.5. The summed E-state index contributed by atoms with van der Waals surface area (Å²) >= 11 is 0. The Morgan fingerprint density at radius 3 is 1.96 bits per heavy atom. The van der Waals surface area contributed by atoms with E-state index in [0.29, 0.717) is 0 Å². The second-order valence-electron chi connectivity index (χ2n) is 7.69. The minimum Gasteiger partial charge on any atom is -0.309 e. The predicted octanol–water partition coefficient (Wildman–Crippen LogP) is 7.38. The standard InChI is InChI=1S/C27H23N/c1-18-15-19(2)27(20(3)16-18)21-13-14-26-24(17-21)23-11-7-8-12-25(23)28(26)22-9-5-4-6-10-22/h4-17H,1-3H3. The molecule has 0 aliphatic rings. The van der Waals surface area contributed by atoms with Gasteiger partial charge in [0.15, 0.2) is 0 Å². The molecule has 1 nitrogen and oxygen atoms in total. The minimum atomic E-state index is 1.20. The smallest absolute Gasteiger partial charge is 0.0541 e. The topological polar surface area (TPSA) is 4.93 Å². The molecular formula is C27H23N. The molecule has 0 atom stereocenters. The van der Waals surface area contributed by atoms with Gasteiger partial charge in [-0.25, -0.2) is 0 Å². The van der Waals surface area contributed by atoms with Crippen LogP contribution in [0.25, 0.3) is 38.6 Å². The minimum absolute atomic E-state index is 1.20. The van der Waals surface area contributed by atoms with E-state index < -0.39 is 0 Å². The fraction of sp³-hybridized carbons (Fsp3) is 0.111. The lowest BCUT2D eigenvalue weighted by atomic mass is 9.93. The molecule has 1 heterocycles. The molecule has 0 spiro atoms. The van der Waals surface area contributed by atoms with E-state index in [1.54, 1.807) is 0 Å². The number of fused-ring (bicyclic) bond motifs is 3. The van der Waals surface area contributed by atoms with Gasteiger partial charge in [0.1, 0.15) is 0 Å². The van der Waals surface area contributed by atoms with Crippen molar-refractivity contribution in [1.29, 1.82) is 0 Å². The van der Waals surface area contributed by atoms with Crippen molar-refractivity contribution in [2.75, 3.05) is 0 Å². The van der Waals surface area contributed by atoms with E-state index >= 15 is 0 Å². The summed E-state index contributed by atoms with van der Waals surface area (Å²) in [7, 11) is 0. The van der Waals surface area contributed by atoms with Crippen LogP contribution in [0.3, 0.4) is 0 Å². The molecule has 1 aromatic heterocycles. The van der Waals surface area contributed by atoms with Crippen LogP contribution in [0.4, 0.5) is 0 Å². The van der Waals surface area contributed by atoms with Crippen LogP contribution in [0.5, 0.6) is 0 Å². The third-order valence-corrected chi connectivity index (χ3v) is 5.65. The van der Waals surface area contributed by atoms with Crippen molar-refractivity contribution < 1.29 is 0 Å². The largest absolute Gasteiger partial charge is 0.309 e. The number of hydrogen-bond acceptors (Lipinski definition) is 0. The van der Waals surface area contributed by atoms with Gasteiger partial charge in [-0.05, 0) is 73.4 Å². The van der Waals surface area contributed by atoms with Gasteiger partial charge >= 0.3 is 0 Å². The Morgan fingerprint density at radius 2 is 1.21 bits per heavy atom. The van der Waals surface area contributed by atoms with Gasteiger partial charge < -0.3 is 4.57 Å². The number of benzene rings is 4. The average Bonchev–Trinajstić information content (AvgIpc) is 3.02. The van der Waals surface area contributed by atoms with E-state index in [9.17, 15) is 0 Å². The lowest BCUT2D eigenvalue weighted by Gasteiger charge is -2.12. The van der Waals surface area contributed by atoms with E-state index in [2.05, 4.69) is 110 Å². The van der Waals surface area contributed by atoms with Crippen molar-refractivity contribution >= 4 is 21.8 Å². The second kappa shape index (κ2) is 6.38. The van der Waals surface area contributed by atoms with Crippen LogP contribution in [-0.2, 0) is 0 Å². The highest BCUT2D eigenvalue weighted by atomic mass is 15.0. The molecule has 0 amide bonds. The van der Waals surface area contributed by atoms with Crippen LogP contribution in [0.2, 0.25) is 0 Å². The summed E-state index contributed by atoms with van der Waals surface area (Å²) in [5, 5.41) is 2.60. The van der Waals surface area contributed by atoms with Crippen molar-refractivity contribution in [1.82, 2.24) is 4.57 Å². The number of nitrogens with zero attached hydrogens (tertiary/aromatic N) is 1. The van der Waals surface area contributed by atoms with Gasteiger partial charge in [0.05, 0.1) is 11.0 Å². The van der Waals surface area contributed by atoms with Crippen LogP contribution in [0, 0.1) is 20.8 Å². The highest BCUT2D eigenvalue weighted by Crippen LogP contribution is 2.36. The van der Waals surface area contributed by atoms with Crippen molar-refractivity contribution in [2.24, 2.45) is 0 Å². The average molecular weight is 361 g/mol. The van der Waals surface area contributed by atoms with Gasteiger partial charge in [0, 0.05) is 16.5 Å². The Labute approximate surface area is 165 Å². The third kappa shape index (κ3) is 2.55. The van der Waals surface area contributed by atoms with Gasteiger partial charge in [-0.15, -0.1) is 0 Å². The number of aryl methyl sites for hydroxylation is 3. The van der Waals surface area contributed by atoms with Crippen LogP contribution in [-0.4, -0.2) is 4.57 Å². The molecule has 0 saturated heterocycles. The van der Waals surface area contributed by atoms with Gasteiger partial charge in [-0.1, -0.05) is 60.2 Å². The summed E-state index contributed by atoms with van der Waals surface area (Å²) < 4.78 is 2.36. The van der Waals surface area contributed by atoms with Gasteiger partial charge in [-0.3, -0.25) is 0 Å². The first-order valence-corrected chi connectivity index (χ1v) is 9.80. The molecule has 0 radical (unpaired) electrons. The SMILES string of the molecule is Cc1cc(C)c(-c2ccc3c(c2)c2ccccc2n3-c2ccccc2)c(C)c1. The third-order valence-electron chi connectivity index (χ3n) is 5.65. The number of para-hydroxylation sites is 2. The highest BCUT2D eigenvalue weighted by Gasteiger charge is 2.14. The Kier molecular flexibility index (Phi) is 3.84. The number of aromatic nitrogens is 1. The molecule has 0 saturated carbocycles. The maximum atomic E-state index is 2.36. The Balaban J connectivity index is 1.84. The van der Waals surface area contributed by atoms with Crippen molar-refractivity contribution in [3.63, 3.8) is 0 Å². The molecule has 0 N–H and O–H groups in total. The molecule has 5 rings (SSSR count). The summed E-state index contributed by atoms with van der Waals surface area (Å²) in [6, 6.07) is 30.8. The molecule has 4 aromatic carbocycles. The molecule has 28 heavy (non-hydrogen) atoms. The van der Waals surface area contributed by atoms with E-state index in [1.807, 2.05) is 0 Å². The van der Waals surface area contributed by atoms with Crippen LogP contribution in [0.1, 0.15) is 16.7 Å². The van der Waals surface area contributed by atoms with E-state index in [0.717, 1.165) is 0 Å². The monoisotopic (exact) mass is 361 g/mol. The van der Waals surface area contributed by atoms with Gasteiger partial charge in [0.25, 0.3) is 0 Å². The lowest BCUT2D eigenvalue weighted by Crippen LogP contribution is -1.93. The van der Waals surface area contributed by atoms with Crippen LogP contribution < -0.4 is 0 Å². The van der Waals surface area contributed by atoms with Gasteiger partial charge in [-0.2, -0.15) is 0 Å². The molecular weight excluding hydrogens is 338 g/mol. The molecule has 5 aromatic rings. The zero-order chi connectivity index (χ0) is 19.3. The Morgan fingerprint density at radius 1 is 0.571 bits per heavy atom. The molecule has 0 fully saturated rings. The normalized spacial score (nSPS) is 11.4. The number of hydrogen-bond donors (Lipinski definition) is 0. The first-order valence-electron chi connectivity index (χ1n) is 9.80. The zero-order valence-electron chi connectivity index (χ0n) is 16.5. The molecule has 1 heteroatoms. The molecule has 0 aliphatic carbocycles. The summed E-state index contributed by atoms with van der Waals surface area (Å²) in [5.74, 6) is 0. The Bertz CT molecular complexity index is 1300. The summed E-state index contributed by atoms with van der Waals surface area (Å²) in [6.07, 6.45) is 0. The highest BCUT2D eigenvalue weighted by molar-refractivity contribution is 6.10. The first kappa shape index (κ1) is 16.8. The predicted molar refractivity (Wildman–Crippen MR) is 120 cm³/mol. The quantitative estimate of drug-likeness (QED) is 0.309. The van der Waals surface area contributed by atoms with Crippen LogP contribution >= 0.6 is 0 Å². The molecule has 136 valence electrons. The maximum Gasteiger partial charge on any atom is 0.0541 e. The van der Waals surface area contributed by atoms with E-state index in [-0.39, 0.29) is 0 Å². The maximum absolute atomic E-state index is 2.36. The van der Waals surface area contributed by atoms with Crippen LogP contribution in [0.15, 0.2) is 84.9 Å². The molecule has 0 bridgehead atoms. The summed E-state index contributed by atoms with van der Waals surface area (Å²) in [6.45, 7) is 6.60. The van der Waals surface area contributed by atoms with Crippen molar-refractivity contribution in [2.45, 2.75) is 20.8 Å². The summed E-state index contributed by atoms with van der Waals surface area (Å²) in [5.41, 5.74) is 10.3. The van der Waals surface area contributed by atoms with E-state index in [4.69, 9.17) is 0 Å². The van der Waals surface area contributed by atoms with Crippen molar-refractivity contribution in [3.8, 4) is 16.8 Å². The fourth-order valence-corrected chi connectivity index (χ4v) is 4.62. The summed E-state index contributed by atoms with van der Waals surface area (Å²) in [4.78, 5) is 0. The fourth-order valence-electron chi connectivity index (χ4n) is 4.62. The Hall–Kier alpha value is -3.32. The van der Waals surface area contributed by atoms with Crippen molar-refractivity contribution in [3.05, 3.63) is 102 Å². The lowest BCUT2D eigenvalue weighted by molar-refractivity contribution is 1.18.